The molecule has 0 radical (unpaired) electrons. The molecule has 0 fully saturated rings. The minimum atomic E-state index is -0.383. The van der Waals surface area contributed by atoms with Crippen LogP contribution in [0.1, 0.15) is 5.56 Å². The van der Waals surface area contributed by atoms with E-state index in [-0.39, 0.29) is 18.3 Å². The van der Waals surface area contributed by atoms with Gasteiger partial charge in [0.1, 0.15) is 5.82 Å². The van der Waals surface area contributed by atoms with Gasteiger partial charge in [-0.05, 0) is 24.3 Å². The van der Waals surface area contributed by atoms with Crippen LogP contribution in [0.3, 0.4) is 0 Å². The van der Waals surface area contributed by atoms with Crippen molar-refractivity contribution >= 4 is 0 Å². The molecule has 1 aromatic carbocycles. The first-order valence-corrected chi connectivity index (χ1v) is 6.01. The minimum Gasteiger partial charge on any atom is -0.416 e. The third-order valence-electron chi connectivity index (χ3n) is 2.89. The first-order valence-electron chi connectivity index (χ1n) is 6.01. The Labute approximate surface area is 114 Å². The second-order valence-electron chi connectivity index (χ2n) is 4.12. The smallest absolute Gasteiger partial charge is 0.249 e. The van der Waals surface area contributed by atoms with Crippen molar-refractivity contribution in [2.24, 2.45) is 5.73 Å². The van der Waals surface area contributed by atoms with Crippen molar-refractivity contribution < 1.29 is 8.81 Å². The fraction of sp³-hybridized carbons (Fsp3) is 0.0714. The average molecular weight is 270 g/mol. The Hall–Kier alpha value is -2.60. The Morgan fingerprint density at radius 3 is 2.70 bits per heavy atom. The number of benzene rings is 1. The lowest BCUT2D eigenvalue weighted by atomic mass is 10.1. The summed E-state index contributed by atoms with van der Waals surface area (Å²) in [7, 11) is 0. The summed E-state index contributed by atoms with van der Waals surface area (Å²) in [6.45, 7) is 0.0621. The molecule has 100 valence electrons. The van der Waals surface area contributed by atoms with Crippen LogP contribution in [0.2, 0.25) is 0 Å². The molecule has 0 aliphatic heterocycles. The summed E-state index contributed by atoms with van der Waals surface area (Å²) in [5, 5.41) is 7.89. The zero-order valence-corrected chi connectivity index (χ0v) is 10.5. The molecule has 0 amide bonds. The fourth-order valence-electron chi connectivity index (χ4n) is 1.90. The molecule has 0 saturated heterocycles. The van der Waals surface area contributed by atoms with Crippen molar-refractivity contribution in [2.45, 2.75) is 6.54 Å². The van der Waals surface area contributed by atoms with Gasteiger partial charge in [-0.25, -0.2) is 4.39 Å². The van der Waals surface area contributed by atoms with Crippen LogP contribution in [0.15, 0.2) is 47.1 Å². The zero-order chi connectivity index (χ0) is 13.9. The van der Waals surface area contributed by atoms with Gasteiger partial charge in [0.15, 0.2) is 0 Å². The third kappa shape index (κ3) is 2.17. The maximum atomic E-state index is 13.7. The molecule has 5 nitrogen and oxygen atoms in total. The molecule has 3 aromatic rings. The summed E-state index contributed by atoms with van der Waals surface area (Å²) < 4.78 is 19.3. The van der Waals surface area contributed by atoms with E-state index >= 15 is 0 Å². The molecule has 0 aliphatic rings. The third-order valence-corrected chi connectivity index (χ3v) is 2.89. The van der Waals surface area contributed by atoms with Gasteiger partial charge in [-0.15, -0.1) is 10.2 Å². The predicted molar refractivity (Wildman–Crippen MR) is 70.8 cm³/mol. The molecule has 2 N–H and O–H groups in total. The van der Waals surface area contributed by atoms with Crippen LogP contribution in [0.25, 0.3) is 22.9 Å². The first kappa shape index (κ1) is 12.4. The van der Waals surface area contributed by atoms with Crippen molar-refractivity contribution in [3.05, 3.63) is 54.1 Å². The quantitative estimate of drug-likeness (QED) is 0.790. The summed E-state index contributed by atoms with van der Waals surface area (Å²) in [5.41, 5.74) is 7.14. The van der Waals surface area contributed by atoms with Crippen molar-refractivity contribution in [3.63, 3.8) is 0 Å². The maximum absolute atomic E-state index is 13.7. The van der Waals surface area contributed by atoms with Crippen LogP contribution in [0, 0.1) is 5.82 Å². The first-order chi connectivity index (χ1) is 9.79. The van der Waals surface area contributed by atoms with E-state index in [1.54, 1.807) is 36.7 Å². The molecule has 3 rings (SSSR count). The molecule has 20 heavy (non-hydrogen) atoms. The van der Waals surface area contributed by atoms with Crippen LogP contribution < -0.4 is 5.73 Å². The van der Waals surface area contributed by atoms with Gasteiger partial charge in [0.25, 0.3) is 0 Å². The second-order valence-corrected chi connectivity index (χ2v) is 4.12. The Morgan fingerprint density at radius 2 is 1.95 bits per heavy atom. The normalized spacial score (nSPS) is 10.7. The highest BCUT2D eigenvalue weighted by Crippen LogP contribution is 2.27. The van der Waals surface area contributed by atoms with E-state index in [1.807, 2.05) is 0 Å². The van der Waals surface area contributed by atoms with Gasteiger partial charge in [0, 0.05) is 30.1 Å². The Morgan fingerprint density at radius 1 is 1.10 bits per heavy atom. The standard InChI is InChI=1S/C14H11FN4O/c15-12-5-1-4-10(11(12)7-16)14-19-18-13(20-14)9-3-2-6-17-8-9/h1-6,8H,7,16H2. The number of pyridine rings is 1. The summed E-state index contributed by atoms with van der Waals surface area (Å²) in [4.78, 5) is 3.98. The van der Waals surface area contributed by atoms with Gasteiger partial charge in [-0.2, -0.15) is 0 Å². The van der Waals surface area contributed by atoms with Gasteiger partial charge < -0.3 is 10.2 Å². The van der Waals surface area contributed by atoms with Crippen molar-refractivity contribution in [3.8, 4) is 22.9 Å². The van der Waals surface area contributed by atoms with Gasteiger partial charge >= 0.3 is 0 Å². The van der Waals surface area contributed by atoms with Gasteiger partial charge in [0.05, 0.1) is 5.56 Å². The molecule has 0 unspecified atom stereocenters. The van der Waals surface area contributed by atoms with E-state index in [2.05, 4.69) is 15.2 Å². The Bertz CT molecular complexity index is 727. The summed E-state index contributed by atoms with van der Waals surface area (Å²) >= 11 is 0. The average Bonchev–Trinajstić information content (AvgIpc) is 2.97. The number of nitrogens with two attached hydrogens (primary N) is 1. The van der Waals surface area contributed by atoms with E-state index in [9.17, 15) is 4.39 Å². The highest BCUT2D eigenvalue weighted by molar-refractivity contribution is 5.61. The summed E-state index contributed by atoms with van der Waals surface area (Å²) in [6.07, 6.45) is 3.27. The molecular formula is C14H11FN4O. The Kier molecular flexibility index (Phi) is 3.22. The molecule has 0 spiro atoms. The molecule has 6 heteroatoms. The largest absolute Gasteiger partial charge is 0.416 e. The Balaban J connectivity index is 2.05. The van der Waals surface area contributed by atoms with E-state index < -0.39 is 0 Å². The van der Waals surface area contributed by atoms with Gasteiger partial charge in [-0.1, -0.05) is 6.07 Å². The van der Waals surface area contributed by atoms with Crippen molar-refractivity contribution in [1.82, 2.24) is 15.2 Å². The monoisotopic (exact) mass is 270 g/mol. The van der Waals surface area contributed by atoms with E-state index in [0.29, 0.717) is 22.6 Å². The maximum Gasteiger partial charge on any atom is 0.249 e. The lowest BCUT2D eigenvalue weighted by Crippen LogP contribution is -2.02. The molecule has 2 aromatic heterocycles. The zero-order valence-electron chi connectivity index (χ0n) is 10.5. The highest BCUT2D eigenvalue weighted by atomic mass is 19.1. The minimum absolute atomic E-state index is 0.0621. The lowest BCUT2D eigenvalue weighted by molar-refractivity contribution is 0.577. The van der Waals surface area contributed by atoms with Gasteiger partial charge in [-0.3, -0.25) is 4.98 Å². The molecule has 0 atom stereocenters. The topological polar surface area (TPSA) is 77.8 Å². The molecule has 0 aliphatic carbocycles. The van der Waals surface area contributed by atoms with Crippen LogP contribution in [0.4, 0.5) is 4.39 Å². The SMILES string of the molecule is NCc1c(F)cccc1-c1nnc(-c2cccnc2)o1. The van der Waals surface area contributed by atoms with Crippen LogP contribution >= 0.6 is 0 Å². The lowest BCUT2D eigenvalue weighted by Gasteiger charge is -2.04. The molecular weight excluding hydrogens is 259 g/mol. The number of halogens is 1. The number of hydrogen-bond acceptors (Lipinski definition) is 5. The van der Waals surface area contributed by atoms with Crippen LogP contribution in [0.5, 0.6) is 0 Å². The predicted octanol–water partition coefficient (Wildman–Crippen LogP) is 2.40. The van der Waals surface area contributed by atoms with Gasteiger partial charge in [0.2, 0.25) is 11.8 Å². The fourth-order valence-corrected chi connectivity index (χ4v) is 1.90. The van der Waals surface area contributed by atoms with E-state index in [4.69, 9.17) is 10.2 Å². The number of hydrogen-bond donors (Lipinski definition) is 1. The highest BCUT2D eigenvalue weighted by Gasteiger charge is 2.15. The number of aromatic nitrogens is 3. The molecule has 2 heterocycles. The second kappa shape index (κ2) is 5.18. The summed E-state index contributed by atoms with van der Waals surface area (Å²) in [6, 6.07) is 8.21. The number of nitrogens with zero attached hydrogens (tertiary/aromatic N) is 3. The van der Waals surface area contributed by atoms with E-state index in [0.717, 1.165) is 0 Å². The van der Waals surface area contributed by atoms with Crippen LogP contribution in [-0.2, 0) is 6.54 Å². The summed E-state index contributed by atoms with van der Waals surface area (Å²) in [5.74, 6) is 0.190. The number of rotatable bonds is 3. The molecule has 0 saturated carbocycles. The van der Waals surface area contributed by atoms with Crippen molar-refractivity contribution in [1.29, 1.82) is 0 Å². The van der Waals surface area contributed by atoms with E-state index in [1.165, 1.54) is 6.07 Å². The molecule has 0 bridgehead atoms. The van der Waals surface area contributed by atoms with Crippen LogP contribution in [-0.4, -0.2) is 15.2 Å². The van der Waals surface area contributed by atoms with Crippen molar-refractivity contribution in [2.75, 3.05) is 0 Å².